The van der Waals surface area contributed by atoms with Crippen LogP contribution >= 0.6 is 0 Å². The molecule has 0 unspecified atom stereocenters. The minimum Gasteiger partial charge on any atom is -0.423 e. The first kappa shape index (κ1) is 18.8. The molecule has 0 aliphatic heterocycles. The molecule has 6 nitrogen and oxygen atoms in total. The number of nitrogens with one attached hydrogen (secondary N) is 1. The van der Waals surface area contributed by atoms with E-state index >= 15 is 0 Å². The van der Waals surface area contributed by atoms with E-state index in [9.17, 15) is 18.0 Å². The molecule has 0 aliphatic carbocycles. The van der Waals surface area contributed by atoms with Gasteiger partial charge in [-0.05, 0) is 63.2 Å². The van der Waals surface area contributed by atoms with Gasteiger partial charge in [0.25, 0.3) is 0 Å². The van der Waals surface area contributed by atoms with Crippen molar-refractivity contribution in [1.29, 1.82) is 0 Å². The lowest BCUT2D eigenvalue weighted by Gasteiger charge is -2.10. The van der Waals surface area contributed by atoms with Gasteiger partial charge in [-0.1, -0.05) is 6.07 Å². The summed E-state index contributed by atoms with van der Waals surface area (Å²) in [5.41, 5.74) is 0.620. The Morgan fingerprint density at radius 1 is 1.00 bits per heavy atom. The molecule has 0 heterocycles. The molecule has 2 aromatic rings. The van der Waals surface area contributed by atoms with E-state index in [1.54, 1.807) is 26.0 Å². The zero-order valence-corrected chi connectivity index (χ0v) is 15.0. The second-order valence-electron chi connectivity index (χ2n) is 5.77. The first-order chi connectivity index (χ1) is 11.7. The number of esters is 1. The van der Waals surface area contributed by atoms with E-state index in [1.807, 2.05) is 0 Å². The van der Waals surface area contributed by atoms with Crippen LogP contribution in [-0.2, 0) is 10.0 Å². The van der Waals surface area contributed by atoms with Gasteiger partial charge in [-0.3, -0.25) is 4.79 Å². The van der Waals surface area contributed by atoms with Crippen LogP contribution in [0.3, 0.4) is 0 Å². The molecule has 0 atom stereocenters. The fourth-order valence-electron chi connectivity index (χ4n) is 2.09. The molecule has 0 aliphatic rings. The van der Waals surface area contributed by atoms with Crippen molar-refractivity contribution in [3.8, 4) is 5.75 Å². The molecule has 1 N–H and O–H groups in total. The van der Waals surface area contributed by atoms with Gasteiger partial charge >= 0.3 is 5.97 Å². The highest BCUT2D eigenvalue weighted by molar-refractivity contribution is 7.89. The molecule has 0 aromatic heterocycles. The summed E-state index contributed by atoms with van der Waals surface area (Å²) in [5, 5.41) is 0. The minimum absolute atomic E-state index is 0.0115. The number of Topliss-reactive ketones (excluding diaryl/α,β-unsaturated/α-hetero) is 1. The monoisotopic (exact) mass is 361 g/mol. The predicted molar refractivity (Wildman–Crippen MR) is 93.3 cm³/mol. The van der Waals surface area contributed by atoms with Gasteiger partial charge in [0.2, 0.25) is 10.0 Å². The van der Waals surface area contributed by atoms with Crippen molar-refractivity contribution >= 4 is 21.8 Å². The minimum atomic E-state index is -3.70. The highest BCUT2D eigenvalue weighted by Crippen LogP contribution is 2.17. The number of sulfonamides is 1. The molecule has 2 rings (SSSR count). The third-order valence-corrected chi connectivity index (χ3v) is 4.90. The van der Waals surface area contributed by atoms with Gasteiger partial charge in [0.05, 0.1) is 10.5 Å². The van der Waals surface area contributed by atoms with E-state index in [4.69, 9.17) is 4.74 Å². The summed E-state index contributed by atoms with van der Waals surface area (Å²) in [7, 11) is -3.70. The van der Waals surface area contributed by atoms with Crippen LogP contribution in [0.5, 0.6) is 5.75 Å². The molecule has 0 radical (unpaired) electrons. The van der Waals surface area contributed by atoms with Crippen molar-refractivity contribution in [1.82, 2.24) is 4.72 Å². The summed E-state index contributed by atoms with van der Waals surface area (Å²) >= 11 is 0. The number of carbonyl (C=O) groups excluding carboxylic acids is 2. The molecule has 0 fully saturated rings. The summed E-state index contributed by atoms with van der Waals surface area (Å²) < 4.78 is 32.0. The van der Waals surface area contributed by atoms with Gasteiger partial charge in [-0.15, -0.1) is 0 Å². The largest absolute Gasteiger partial charge is 0.423 e. The molecule has 0 bridgehead atoms. The fraction of sp³-hybridized carbons (Fsp3) is 0.222. The van der Waals surface area contributed by atoms with Crippen LogP contribution in [0.15, 0.2) is 53.4 Å². The number of ether oxygens (including phenoxy) is 1. The highest BCUT2D eigenvalue weighted by atomic mass is 32.2. The first-order valence-electron chi connectivity index (χ1n) is 7.64. The second kappa shape index (κ2) is 7.58. The maximum absolute atomic E-state index is 12.2. The van der Waals surface area contributed by atoms with Crippen LogP contribution in [0.25, 0.3) is 0 Å². The van der Waals surface area contributed by atoms with E-state index < -0.39 is 16.0 Å². The molecule has 0 spiro atoms. The Morgan fingerprint density at radius 3 is 2.20 bits per heavy atom. The third-order valence-electron chi connectivity index (χ3n) is 3.24. The van der Waals surface area contributed by atoms with Crippen molar-refractivity contribution in [2.45, 2.75) is 31.7 Å². The third kappa shape index (κ3) is 4.98. The maximum Gasteiger partial charge on any atom is 0.343 e. The van der Waals surface area contributed by atoms with Crippen molar-refractivity contribution in [2.24, 2.45) is 0 Å². The molecule has 132 valence electrons. The zero-order valence-electron chi connectivity index (χ0n) is 14.1. The lowest BCUT2D eigenvalue weighted by molar-refractivity contribution is 0.0734. The van der Waals surface area contributed by atoms with Crippen LogP contribution in [0.4, 0.5) is 0 Å². The lowest BCUT2D eigenvalue weighted by Crippen LogP contribution is -2.30. The lowest BCUT2D eigenvalue weighted by atomic mass is 10.1. The molecular formula is C18H19NO5S. The van der Waals surface area contributed by atoms with Crippen LogP contribution < -0.4 is 9.46 Å². The number of ketones is 1. The molecule has 25 heavy (non-hydrogen) atoms. The molecule has 2 aromatic carbocycles. The Bertz CT molecular complexity index is 886. The Morgan fingerprint density at radius 2 is 1.64 bits per heavy atom. The van der Waals surface area contributed by atoms with Crippen molar-refractivity contribution in [3.05, 3.63) is 59.7 Å². The van der Waals surface area contributed by atoms with Gasteiger partial charge in [-0.25, -0.2) is 17.9 Å². The molecule has 0 saturated carbocycles. The number of hydrogen-bond acceptors (Lipinski definition) is 5. The maximum atomic E-state index is 12.2. The summed E-state index contributed by atoms with van der Waals surface area (Å²) in [6.07, 6.45) is 0. The Kier molecular flexibility index (Phi) is 5.71. The smallest absolute Gasteiger partial charge is 0.343 e. The average molecular weight is 361 g/mol. The van der Waals surface area contributed by atoms with Gasteiger partial charge in [-0.2, -0.15) is 0 Å². The predicted octanol–water partition coefficient (Wildman–Crippen LogP) is 2.80. The summed E-state index contributed by atoms with van der Waals surface area (Å²) in [5.74, 6) is -0.505. The van der Waals surface area contributed by atoms with Crippen LogP contribution in [0.1, 0.15) is 41.5 Å². The number of rotatable bonds is 6. The topological polar surface area (TPSA) is 89.5 Å². The Labute approximate surface area is 146 Å². The highest BCUT2D eigenvalue weighted by Gasteiger charge is 2.18. The number of carbonyl (C=O) groups is 2. The van der Waals surface area contributed by atoms with Crippen LogP contribution in [0.2, 0.25) is 0 Å². The molecule has 7 heteroatoms. The van der Waals surface area contributed by atoms with Crippen LogP contribution in [-0.4, -0.2) is 26.2 Å². The number of benzene rings is 2. The van der Waals surface area contributed by atoms with E-state index in [2.05, 4.69) is 4.72 Å². The normalized spacial score (nSPS) is 11.4. The fourth-order valence-corrected chi connectivity index (χ4v) is 3.39. The SMILES string of the molecule is CC(=O)c1ccc(OC(=O)c2cccc(S(=O)(=O)NC(C)C)c2)cc1. The van der Waals surface area contributed by atoms with Crippen molar-refractivity contribution < 1.29 is 22.7 Å². The van der Waals surface area contributed by atoms with Crippen LogP contribution in [0, 0.1) is 0 Å². The summed E-state index contributed by atoms with van der Waals surface area (Å²) in [6.45, 7) is 4.86. The Hall–Kier alpha value is -2.51. The van der Waals surface area contributed by atoms with Crippen molar-refractivity contribution in [3.63, 3.8) is 0 Å². The Balaban J connectivity index is 2.20. The van der Waals surface area contributed by atoms with E-state index in [0.717, 1.165) is 0 Å². The first-order valence-corrected chi connectivity index (χ1v) is 9.13. The van der Waals surface area contributed by atoms with Gasteiger partial charge < -0.3 is 4.74 Å². The summed E-state index contributed by atoms with van der Waals surface area (Å²) in [6, 6.07) is 11.5. The van der Waals surface area contributed by atoms with Crippen molar-refractivity contribution in [2.75, 3.05) is 0 Å². The van der Waals surface area contributed by atoms with E-state index in [0.29, 0.717) is 5.56 Å². The number of hydrogen-bond donors (Lipinski definition) is 1. The van der Waals surface area contributed by atoms with Gasteiger partial charge in [0, 0.05) is 11.6 Å². The zero-order chi connectivity index (χ0) is 18.6. The summed E-state index contributed by atoms with van der Waals surface area (Å²) in [4.78, 5) is 23.5. The second-order valence-corrected chi connectivity index (χ2v) is 7.49. The molecular weight excluding hydrogens is 342 g/mol. The quantitative estimate of drug-likeness (QED) is 0.485. The van der Waals surface area contributed by atoms with E-state index in [1.165, 1.54) is 43.3 Å². The standard InChI is InChI=1S/C18H19NO5S/c1-12(2)19-25(22,23)17-6-4-5-15(11-17)18(21)24-16-9-7-14(8-10-16)13(3)20/h4-12,19H,1-3H3. The van der Waals surface area contributed by atoms with Gasteiger partial charge in [0.1, 0.15) is 5.75 Å². The molecule has 0 saturated heterocycles. The van der Waals surface area contributed by atoms with Gasteiger partial charge in [0.15, 0.2) is 5.78 Å². The van der Waals surface area contributed by atoms with E-state index in [-0.39, 0.29) is 28.0 Å². The average Bonchev–Trinajstić information content (AvgIpc) is 2.54. The molecule has 0 amide bonds.